The summed E-state index contributed by atoms with van der Waals surface area (Å²) in [5.74, 6) is 0.0476. The number of hydrogen-bond donors (Lipinski definition) is 2. The molecule has 0 saturated carbocycles. The van der Waals surface area contributed by atoms with Gasteiger partial charge in [0.25, 0.3) is 0 Å². The van der Waals surface area contributed by atoms with E-state index in [9.17, 15) is 4.39 Å². The number of anilines is 1. The third-order valence-corrected chi connectivity index (χ3v) is 3.99. The molecule has 0 aliphatic carbocycles. The van der Waals surface area contributed by atoms with Gasteiger partial charge in [-0.15, -0.1) is 0 Å². The normalized spacial score (nSPS) is 10.8. The van der Waals surface area contributed by atoms with Crippen LogP contribution in [0.15, 0.2) is 46.9 Å². The van der Waals surface area contributed by atoms with E-state index in [0.29, 0.717) is 16.9 Å². The quantitative estimate of drug-likeness (QED) is 0.716. The van der Waals surface area contributed by atoms with Crippen molar-refractivity contribution in [2.45, 2.75) is 6.92 Å². The minimum atomic E-state index is -0.303. The van der Waals surface area contributed by atoms with Crippen LogP contribution < -0.4 is 5.73 Å². The topological polar surface area (TPSA) is 54.7 Å². The highest BCUT2D eigenvalue weighted by atomic mass is 79.9. The molecule has 5 heteroatoms. The molecule has 0 spiro atoms. The van der Waals surface area contributed by atoms with Crippen molar-refractivity contribution >= 4 is 21.7 Å². The average molecular weight is 346 g/mol. The Morgan fingerprint density at radius 1 is 1.19 bits per heavy atom. The van der Waals surface area contributed by atoms with E-state index in [1.807, 2.05) is 31.2 Å². The summed E-state index contributed by atoms with van der Waals surface area (Å²) in [7, 11) is 0. The number of aromatic amines is 1. The van der Waals surface area contributed by atoms with Crippen molar-refractivity contribution in [1.82, 2.24) is 10.2 Å². The molecule has 0 aliphatic rings. The van der Waals surface area contributed by atoms with Gasteiger partial charge in [0.2, 0.25) is 0 Å². The van der Waals surface area contributed by atoms with Gasteiger partial charge in [0, 0.05) is 10.0 Å². The number of nitrogens with one attached hydrogen (secondary N) is 1. The first-order valence-electron chi connectivity index (χ1n) is 6.42. The zero-order valence-electron chi connectivity index (χ0n) is 11.3. The van der Waals surface area contributed by atoms with Crippen LogP contribution in [0.3, 0.4) is 0 Å². The van der Waals surface area contributed by atoms with Crippen LogP contribution in [-0.2, 0) is 0 Å². The van der Waals surface area contributed by atoms with Crippen molar-refractivity contribution in [3.05, 3.63) is 58.3 Å². The highest BCUT2D eigenvalue weighted by Crippen LogP contribution is 2.38. The number of aromatic nitrogens is 2. The van der Waals surface area contributed by atoms with Gasteiger partial charge in [-0.3, -0.25) is 5.10 Å². The minimum Gasteiger partial charge on any atom is -0.382 e. The Morgan fingerprint density at radius 2 is 2.00 bits per heavy atom. The minimum absolute atomic E-state index is 0.303. The summed E-state index contributed by atoms with van der Waals surface area (Å²) in [5.41, 5.74) is 10.2. The van der Waals surface area contributed by atoms with E-state index in [-0.39, 0.29) is 5.82 Å². The molecule has 0 fully saturated rings. The zero-order chi connectivity index (χ0) is 15.0. The summed E-state index contributed by atoms with van der Waals surface area (Å²) < 4.78 is 14.4. The molecule has 0 atom stereocenters. The van der Waals surface area contributed by atoms with E-state index >= 15 is 0 Å². The Kier molecular flexibility index (Phi) is 3.51. The van der Waals surface area contributed by atoms with Crippen molar-refractivity contribution < 1.29 is 4.39 Å². The van der Waals surface area contributed by atoms with Crippen molar-refractivity contribution in [3.63, 3.8) is 0 Å². The lowest BCUT2D eigenvalue weighted by Gasteiger charge is -2.08. The van der Waals surface area contributed by atoms with E-state index in [1.54, 1.807) is 6.07 Å². The Hall–Kier alpha value is -2.14. The fourth-order valence-electron chi connectivity index (χ4n) is 2.32. The molecule has 0 unspecified atom stereocenters. The predicted molar refractivity (Wildman–Crippen MR) is 86.3 cm³/mol. The second-order valence-electron chi connectivity index (χ2n) is 4.85. The van der Waals surface area contributed by atoms with E-state index in [1.165, 1.54) is 12.1 Å². The van der Waals surface area contributed by atoms with Gasteiger partial charge in [-0.05, 0) is 36.8 Å². The van der Waals surface area contributed by atoms with Gasteiger partial charge in [0.15, 0.2) is 5.82 Å². The lowest BCUT2D eigenvalue weighted by atomic mass is 10.00. The molecule has 3 aromatic rings. The van der Waals surface area contributed by atoms with Crippen LogP contribution in [0.2, 0.25) is 0 Å². The van der Waals surface area contributed by atoms with E-state index in [4.69, 9.17) is 5.73 Å². The molecular formula is C16H13BrFN3. The summed E-state index contributed by atoms with van der Waals surface area (Å²) in [4.78, 5) is 0. The summed E-state index contributed by atoms with van der Waals surface area (Å²) in [5, 5.41) is 7.03. The fourth-order valence-corrected chi connectivity index (χ4v) is 2.76. The highest BCUT2D eigenvalue weighted by Gasteiger charge is 2.17. The first-order chi connectivity index (χ1) is 10.1. The third-order valence-electron chi connectivity index (χ3n) is 3.30. The maximum atomic E-state index is 13.5. The van der Waals surface area contributed by atoms with Crippen LogP contribution in [0.1, 0.15) is 5.56 Å². The Morgan fingerprint density at radius 3 is 2.76 bits per heavy atom. The SMILES string of the molecule is Cc1ccc(Br)c(-c2[nH]nc(N)c2-c2cccc(F)c2)c1. The van der Waals surface area contributed by atoms with Gasteiger partial charge in [0.1, 0.15) is 5.82 Å². The Bertz CT molecular complexity index is 811. The van der Waals surface area contributed by atoms with Gasteiger partial charge in [-0.25, -0.2) is 4.39 Å². The van der Waals surface area contributed by atoms with Gasteiger partial charge >= 0.3 is 0 Å². The third kappa shape index (κ3) is 2.56. The molecule has 3 N–H and O–H groups in total. The first-order valence-corrected chi connectivity index (χ1v) is 7.22. The summed E-state index contributed by atoms with van der Waals surface area (Å²) in [6.07, 6.45) is 0. The molecular weight excluding hydrogens is 333 g/mol. The standard InChI is InChI=1S/C16H13BrFN3/c1-9-5-6-13(17)12(7-9)15-14(16(19)21-20-15)10-3-2-4-11(18)8-10/h2-8H,1H3,(H3,19,20,21). The molecule has 0 saturated heterocycles. The number of nitrogens with two attached hydrogens (primary N) is 1. The van der Waals surface area contributed by atoms with Crippen molar-refractivity contribution in [2.75, 3.05) is 5.73 Å². The molecule has 3 rings (SSSR count). The van der Waals surface area contributed by atoms with Crippen molar-refractivity contribution in [1.29, 1.82) is 0 Å². The number of benzene rings is 2. The number of rotatable bonds is 2. The molecule has 0 bridgehead atoms. The number of halogens is 2. The number of hydrogen-bond acceptors (Lipinski definition) is 2. The average Bonchev–Trinajstić information content (AvgIpc) is 2.83. The maximum Gasteiger partial charge on any atom is 0.153 e. The van der Waals surface area contributed by atoms with Crippen molar-refractivity contribution in [2.24, 2.45) is 0 Å². The monoisotopic (exact) mass is 345 g/mol. The zero-order valence-corrected chi connectivity index (χ0v) is 12.9. The molecule has 1 heterocycles. The van der Waals surface area contributed by atoms with Crippen LogP contribution >= 0.6 is 15.9 Å². The van der Waals surface area contributed by atoms with E-state index in [0.717, 1.165) is 21.3 Å². The van der Waals surface area contributed by atoms with E-state index < -0.39 is 0 Å². The van der Waals surface area contributed by atoms with Crippen LogP contribution in [0.4, 0.5) is 10.2 Å². The van der Waals surface area contributed by atoms with Crippen LogP contribution in [0.25, 0.3) is 22.4 Å². The molecule has 21 heavy (non-hydrogen) atoms. The van der Waals surface area contributed by atoms with Crippen LogP contribution in [-0.4, -0.2) is 10.2 Å². The molecule has 0 amide bonds. The lowest BCUT2D eigenvalue weighted by Crippen LogP contribution is -1.90. The Balaban J connectivity index is 2.24. The number of nitrogens with zero attached hydrogens (tertiary/aromatic N) is 1. The number of aryl methyl sites for hydroxylation is 1. The predicted octanol–water partition coefficient (Wildman–Crippen LogP) is 4.54. The lowest BCUT2D eigenvalue weighted by molar-refractivity contribution is 0.628. The second kappa shape index (κ2) is 5.33. The van der Waals surface area contributed by atoms with Gasteiger partial charge < -0.3 is 5.73 Å². The van der Waals surface area contributed by atoms with Gasteiger partial charge in [-0.1, -0.05) is 39.7 Å². The maximum absolute atomic E-state index is 13.5. The molecule has 0 aliphatic heterocycles. The Labute approximate surface area is 130 Å². The number of nitrogen functional groups attached to an aromatic ring is 1. The van der Waals surface area contributed by atoms with Crippen LogP contribution in [0, 0.1) is 12.7 Å². The number of H-pyrrole nitrogens is 1. The molecule has 0 radical (unpaired) electrons. The first kappa shape index (κ1) is 13.8. The van der Waals surface area contributed by atoms with Gasteiger partial charge in [0.05, 0.1) is 11.3 Å². The molecule has 1 aromatic heterocycles. The molecule has 2 aromatic carbocycles. The summed E-state index contributed by atoms with van der Waals surface area (Å²) in [6.45, 7) is 2.01. The van der Waals surface area contributed by atoms with E-state index in [2.05, 4.69) is 26.1 Å². The molecule has 3 nitrogen and oxygen atoms in total. The van der Waals surface area contributed by atoms with Gasteiger partial charge in [-0.2, -0.15) is 5.10 Å². The smallest absolute Gasteiger partial charge is 0.153 e. The summed E-state index contributed by atoms with van der Waals surface area (Å²) >= 11 is 3.53. The fraction of sp³-hybridized carbons (Fsp3) is 0.0625. The largest absolute Gasteiger partial charge is 0.382 e. The highest BCUT2D eigenvalue weighted by molar-refractivity contribution is 9.10. The van der Waals surface area contributed by atoms with Crippen molar-refractivity contribution in [3.8, 4) is 22.4 Å². The second-order valence-corrected chi connectivity index (χ2v) is 5.71. The molecule has 106 valence electrons. The van der Waals surface area contributed by atoms with Crippen LogP contribution in [0.5, 0.6) is 0 Å². The summed E-state index contributed by atoms with van der Waals surface area (Å²) in [6, 6.07) is 12.3.